The number of carboxylic acids is 2. The predicted molar refractivity (Wildman–Crippen MR) is 209 cm³/mol. The summed E-state index contributed by atoms with van der Waals surface area (Å²) in [4.78, 5) is 48.6. The van der Waals surface area contributed by atoms with Crippen LogP contribution >= 0.6 is 11.8 Å². The molecule has 3 N–H and O–H groups in total. The van der Waals surface area contributed by atoms with Crippen LogP contribution in [0.1, 0.15) is 36.6 Å². The number of hydrogen-bond acceptors (Lipinski definition) is 11. The summed E-state index contributed by atoms with van der Waals surface area (Å²) >= 11 is 1.43. The maximum Gasteiger partial charge on any atom is 0.344 e. The number of aromatic carboxylic acids is 2. The molecule has 0 heterocycles. The highest BCUT2D eigenvalue weighted by atomic mass is 32.2. The lowest BCUT2D eigenvalue weighted by atomic mass is 10.1. The number of esters is 1. The number of carboxylic acid groups (broad SMARTS) is 2. The molecule has 0 saturated carbocycles. The summed E-state index contributed by atoms with van der Waals surface area (Å²) in [6, 6.07) is 40.1. The first-order chi connectivity index (χ1) is 27.7. The highest BCUT2D eigenvalue weighted by Crippen LogP contribution is 2.31. The number of phenols is 1. The van der Waals surface area contributed by atoms with Crippen molar-refractivity contribution in [3.63, 3.8) is 0 Å². The van der Waals surface area contributed by atoms with Gasteiger partial charge in [-0.1, -0.05) is 54.6 Å². The van der Waals surface area contributed by atoms with E-state index in [0.29, 0.717) is 29.4 Å². The Labute approximate surface area is 331 Å². The van der Waals surface area contributed by atoms with Crippen LogP contribution in [0.5, 0.6) is 34.5 Å². The van der Waals surface area contributed by atoms with Gasteiger partial charge in [-0.05, 0) is 109 Å². The first kappa shape index (κ1) is 40.8. The zero-order valence-corrected chi connectivity index (χ0v) is 30.8. The van der Waals surface area contributed by atoms with Crippen molar-refractivity contribution in [3.05, 3.63) is 168 Å². The molecule has 57 heavy (non-hydrogen) atoms. The molecule has 0 unspecified atom stereocenters. The van der Waals surface area contributed by atoms with Crippen LogP contribution in [0.2, 0.25) is 0 Å². The van der Waals surface area contributed by atoms with Crippen LogP contribution in [0.15, 0.2) is 155 Å². The van der Waals surface area contributed by atoms with Crippen molar-refractivity contribution in [2.24, 2.45) is 0 Å². The molecule has 13 heteroatoms. The summed E-state index contributed by atoms with van der Waals surface area (Å²) in [6.45, 7) is 0.426. The highest BCUT2D eigenvalue weighted by molar-refractivity contribution is 7.99. The third-order valence-corrected chi connectivity index (χ3v) is 8.52. The molecular formula is C44H34O12S. The Balaban J connectivity index is 0.000000799. The van der Waals surface area contributed by atoms with Gasteiger partial charge in [0.15, 0.2) is 5.75 Å². The minimum Gasteiger partial charge on any atom is -0.508 e. The van der Waals surface area contributed by atoms with Gasteiger partial charge in [0.1, 0.15) is 54.7 Å². The van der Waals surface area contributed by atoms with Crippen LogP contribution in [0.25, 0.3) is 0 Å². The molecule has 0 amide bonds. The van der Waals surface area contributed by atoms with Crippen molar-refractivity contribution < 1.29 is 58.4 Å². The van der Waals surface area contributed by atoms with E-state index in [1.165, 1.54) is 36.0 Å². The number of para-hydroxylation sites is 2. The molecule has 0 aliphatic carbocycles. The first-order valence-electron chi connectivity index (χ1n) is 17.0. The maximum absolute atomic E-state index is 12.8. The van der Waals surface area contributed by atoms with Gasteiger partial charge in [0, 0.05) is 15.4 Å². The smallest absolute Gasteiger partial charge is 0.344 e. The van der Waals surface area contributed by atoms with E-state index in [9.17, 15) is 24.6 Å². The lowest BCUT2D eigenvalue weighted by Gasteiger charge is -2.12. The quantitative estimate of drug-likeness (QED) is 0.0213. The molecule has 0 aromatic heterocycles. The number of carbonyl (C=O) groups is 3. The Hall–Kier alpha value is -7.40. The fraction of sp³-hybridized carbons (Fsp3) is 0.0682. The summed E-state index contributed by atoms with van der Waals surface area (Å²) < 4.78 is 21.7. The second-order valence-electron chi connectivity index (χ2n) is 11.5. The van der Waals surface area contributed by atoms with Crippen molar-refractivity contribution in [1.82, 2.24) is 0 Å². The van der Waals surface area contributed by atoms with E-state index in [-0.39, 0.29) is 41.4 Å². The fourth-order valence-electron chi connectivity index (χ4n) is 4.86. The fourth-order valence-corrected chi connectivity index (χ4v) is 5.68. The SMILES string of the molecule is C#COc1ccc(C(=O)O)c(C(=O)Oc2ccc(Sc3ccc(OOCc4cc(OCCOc5ccccc5)ccc4C(=O)O)cc3)cc2)c1.Oc1ccccc1. The Morgan fingerprint density at radius 3 is 1.70 bits per heavy atom. The van der Waals surface area contributed by atoms with Gasteiger partial charge in [0.2, 0.25) is 0 Å². The van der Waals surface area contributed by atoms with Crippen molar-refractivity contribution >= 4 is 29.7 Å². The second-order valence-corrected chi connectivity index (χ2v) is 12.6. The van der Waals surface area contributed by atoms with E-state index in [0.717, 1.165) is 15.5 Å². The first-order valence-corrected chi connectivity index (χ1v) is 17.8. The van der Waals surface area contributed by atoms with Crippen LogP contribution in [0.4, 0.5) is 0 Å². The molecule has 6 rings (SSSR count). The van der Waals surface area contributed by atoms with Gasteiger partial charge >= 0.3 is 17.9 Å². The van der Waals surface area contributed by atoms with Gasteiger partial charge in [0.25, 0.3) is 0 Å². The maximum atomic E-state index is 12.8. The summed E-state index contributed by atoms with van der Waals surface area (Å²) in [5.74, 6) is -1.05. The third-order valence-electron chi connectivity index (χ3n) is 7.51. The Morgan fingerprint density at radius 2 is 1.12 bits per heavy atom. The van der Waals surface area contributed by atoms with E-state index >= 15 is 0 Å². The molecule has 0 saturated heterocycles. The van der Waals surface area contributed by atoms with Crippen LogP contribution < -0.4 is 23.8 Å². The lowest BCUT2D eigenvalue weighted by Crippen LogP contribution is -2.14. The normalized spacial score (nSPS) is 10.2. The zero-order valence-electron chi connectivity index (χ0n) is 30.0. The van der Waals surface area contributed by atoms with Crippen molar-refractivity contribution in [2.75, 3.05) is 13.2 Å². The van der Waals surface area contributed by atoms with Crippen LogP contribution in [-0.2, 0) is 11.5 Å². The lowest BCUT2D eigenvalue weighted by molar-refractivity contribution is -0.217. The number of aromatic hydroxyl groups is 1. The minimum absolute atomic E-state index is 0.0582. The van der Waals surface area contributed by atoms with Gasteiger partial charge in [-0.15, -0.1) is 0 Å². The third kappa shape index (κ3) is 12.9. The molecule has 0 aliphatic rings. The molecule has 6 aromatic carbocycles. The summed E-state index contributed by atoms with van der Waals surface area (Å²) in [5, 5.41) is 27.7. The molecule has 288 valence electrons. The van der Waals surface area contributed by atoms with Gasteiger partial charge in [-0.2, -0.15) is 4.89 Å². The topological polar surface area (TPSA) is 167 Å². The van der Waals surface area contributed by atoms with Crippen LogP contribution in [0.3, 0.4) is 0 Å². The molecule has 0 radical (unpaired) electrons. The predicted octanol–water partition coefficient (Wildman–Crippen LogP) is 8.78. The van der Waals surface area contributed by atoms with E-state index < -0.39 is 17.9 Å². The minimum atomic E-state index is -1.30. The highest BCUT2D eigenvalue weighted by Gasteiger charge is 2.20. The van der Waals surface area contributed by atoms with Gasteiger partial charge in [-0.25, -0.2) is 14.4 Å². The molecule has 0 bridgehead atoms. The van der Waals surface area contributed by atoms with Gasteiger partial charge in [0.05, 0.1) is 16.7 Å². The van der Waals surface area contributed by atoms with Gasteiger partial charge < -0.3 is 39.2 Å². The van der Waals surface area contributed by atoms with E-state index in [1.807, 2.05) is 54.6 Å². The number of carbonyl (C=O) groups excluding carboxylic acids is 1. The summed E-state index contributed by atoms with van der Waals surface area (Å²) in [5.41, 5.74) is -0.0349. The number of rotatable bonds is 16. The average Bonchev–Trinajstić information content (AvgIpc) is 3.22. The number of ether oxygens (including phenoxy) is 4. The average molecular weight is 787 g/mol. The molecular weight excluding hydrogens is 753 g/mol. The zero-order chi connectivity index (χ0) is 40.4. The Bertz CT molecular complexity index is 2290. The standard InChI is InChI=1S/C38H28O11S.C6H6O/c1-2-44-30-13-19-34(37(41)42)35(23-30)38(43)48-27-8-14-31(15-9-27)50-32-16-10-28(11-17-32)49-47-24-25-22-29(12-18-33(25)36(39)40)46-21-20-45-26-6-4-3-5-7-26;7-6-4-2-1-3-5-6/h1,3-19,22-23H,20-21,24H2,(H,39,40)(H,41,42);1-5,7H. The van der Waals surface area contributed by atoms with Crippen molar-refractivity contribution in [1.29, 1.82) is 0 Å². The Kier molecular flexibility index (Phi) is 14.9. The molecule has 0 fully saturated rings. The number of hydrogen-bond donors (Lipinski definition) is 3. The largest absolute Gasteiger partial charge is 0.508 e. The summed E-state index contributed by atoms with van der Waals surface area (Å²) in [6.07, 6.45) is 7.10. The second kappa shape index (κ2) is 20.9. The van der Waals surface area contributed by atoms with Crippen LogP contribution in [0, 0.1) is 12.5 Å². The van der Waals surface area contributed by atoms with E-state index in [4.69, 9.17) is 40.3 Å². The Morgan fingerprint density at radius 1 is 0.579 bits per heavy atom. The molecule has 0 atom stereocenters. The van der Waals surface area contributed by atoms with E-state index in [1.54, 1.807) is 72.8 Å². The number of benzene rings is 6. The molecule has 0 aliphatic heterocycles. The van der Waals surface area contributed by atoms with Crippen molar-refractivity contribution in [2.45, 2.75) is 16.4 Å². The van der Waals surface area contributed by atoms with Crippen molar-refractivity contribution in [3.8, 4) is 47.0 Å². The number of phenolic OH excluding ortho intramolecular Hbond substituents is 1. The monoisotopic (exact) mass is 786 g/mol. The molecule has 12 nitrogen and oxygen atoms in total. The van der Waals surface area contributed by atoms with Gasteiger partial charge in [-0.3, -0.25) is 0 Å². The molecule has 0 spiro atoms. The van der Waals surface area contributed by atoms with Crippen LogP contribution in [-0.4, -0.2) is 46.4 Å². The molecule has 6 aromatic rings. The number of terminal acetylenes is 1. The van der Waals surface area contributed by atoms with E-state index in [2.05, 4.69) is 0 Å². The summed E-state index contributed by atoms with van der Waals surface area (Å²) in [7, 11) is 0.